The molecule has 162 valence electrons. The number of hydrogen-bond donors (Lipinski definition) is 1. The Bertz CT molecular complexity index is 913. The number of nitrogens with two attached hydrogens (primary N) is 1. The lowest BCUT2D eigenvalue weighted by Gasteiger charge is -2.37. The number of rotatable bonds is 4. The van der Waals surface area contributed by atoms with Crippen molar-refractivity contribution in [3.63, 3.8) is 0 Å². The summed E-state index contributed by atoms with van der Waals surface area (Å²) in [7, 11) is 1.79. The number of aromatic nitrogens is 2. The van der Waals surface area contributed by atoms with Gasteiger partial charge in [-0.05, 0) is 38.1 Å². The SMILES string of the molecule is CC.CC#CN(C)c1nc(N2CC(N)C2)nc(-c2ccc(OC(F)(F)F)cc2)c1C. The van der Waals surface area contributed by atoms with Gasteiger partial charge in [0.15, 0.2) is 0 Å². The largest absolute Gasteiger partial charge is 0.573 e. The van der Waals surface area contributed by atoms with Crippen molar-refractivity contribution >= 4 is 11.8 Å². The molecule has 3 rings (SSSR count). The van der Waals surface area contributed by atoms with Gasteiger partial charge in [0.05, 0.1) is 5.69 Å². The lowest BCUT2D eigenvalue weighted by atomic mass is 10.1. The Labute approximate surface area is 174 Å². The Morgan fingerprint density at radius 2 is 1.77 bits per heavy atom. The highest BCUT2D eigenvalue weighted by Gasteiger charge is 2.31. The highest BCUT2D eigenvalue weighted by molar-refractivity contribution is 5.72. The first-order chi connectivity index (χ1) is 14.2. The zero-order chi connectivity index (χ0) is 22.5. The van der Waals surface area contributed by atoms with E-state index in [0.29, 0.717) is 36.1 Å². The summed E-state index contributed by atoms with van der Waals surface area (Å²) in [4.78, 5) is 12.9. The molecule has 1 aliphatic rings. The average molecular weight is 421 g/mol. The molecule has 1 aliphatic heterocycles. The summed E-state index contributed by atoms with van der Waals surface area (Å²) < 4.78 is 41.1. The third-order valence-corrected chi connectivity index (χ3v) is 4.26. The highest BCUT2D eigenvalue weighted by Crippen LogP contribution is 2.32. The second kappa shape index (κ2) is 9.67. The number of halogens is 3. The third kappa shape index (κ3) is 5.54. The molecular formula is C21H26F3N5O. The lowest BCUT2D eigenvalue weighted by molar-refractivity contribution is -0.274. The molecule has 6 nitrogen and oxygen atoms in total. The normalized spacial score (nSPS) is 13.4. The molecular weight excluding hydrogens is 395 g/mol. The summed E-state index contributed by atoms with van der Waals surface area (Å²) in [6.07, 6.45) is -4.73. The first kappa shape index (κ1) is 23.3. The molecule has 1 aromatic carbocycles. The summed E-state index contributed by atoms with van der Waals surface area (Å²) in [5, 5.41) is 0. The molecule has 0 amide bonds. The lowest BCUT2D eigenvalue weighted by Crippen LogP contribution is -2.56. The number of alkyl halides is 3. The van der Waals surface area contributed by atoms with Crippen LogP contribution in [0, 0.1) is 18.9 Å². The topological polar surface area (TPSA) is 67.5 Å². The summed E-state index contributed by atoms with van der Waals surface area (Å²) >= 11 is 0. The van der Waals surface area contributed by atoms with Crippen LogP contribution >= 0.6 is 0 Å². The van der Waals surface area contributed by atoms with Crippen molar-refractivity contribution in [3.8, 4) is 29.0 Å². The quantitative estimate of drug-likeness (QED) is 0.596. The van der Waals surface area contributed by atoms with Crippen LogP contribution in [0.2, 0.25) is 0 Å². The van der Waals surface area contributed by atoms with Gasteiger partial charge in [0.1, 0.15) is 11.6 Å². The van der Waals surface area contributed by atoms with Gasteiger partial charge in [0.25, 0.3) is 0 Å². The molecule has 0 saturated carbocycles. The summed E-state index contributed by atoms with van der Waals surface area (Å²) in [6.45, 7) is 8.86. The number of hydrogen-bond acceptors (Lipinski definition) is 6. The van der Waals surface area contributed by atoms with Crippen molar-refractivity contribution in [2.24, 2.45) is 5.73 Å². The first-order valence-electron chi connectivity index (χ1n) is 9.59. The van der Waals surface area contributed by atoms with E-state index in [4.69, 9.17) is 5.73 Å². The molecule has 0 bridgehead atoms. The molecule has 0 aliphatic carbocycles. The van der Waals surface area contributed by atoms with Gasteiger partial charge in [-0.1, -0.05) is 19.8 Å². The Morgan fingerprint density at radius 3 is 2.27 bits per heavy atom. The van der Waals surface area contributed by atoms with Crippen molar-refractivity contribution in [3.05, 3.63) is 29.8 Å². The molecule has 0 unspecified atom stereocenters. The summed E-state index contributed by atoms with van der Waals surface area (Å²) in [5.74, 6) is 3.68. The van der Waals surface area contributed by atoms with Crippen LogP contribution in [-0.4, -0.2) is 42.5 Å². The van der Waals surface area contributed by atoms with Gasteiger partial charge in [0, 0.05) is 43.4 Å². The molecule has 1 fully saturated rings. The molecule has 2 N–H and O–H groups in total. The summed E-state index contributed by atoms with van der Waals surface area (Å²) in [5.41, 5.74) is 7.90. The van der Waals surface area contributed by atoms with E-state index in [1.807, 2.05) is 25.7 Å². The second-order valence-electron chi connectivity index (χ2n) is 6.48. The molecule has 1 aromatic heterocycles. The van der Waals surface area contributed by atoms with Gasteiger partial charge in [-0.2, -0.15) is 4.98 Å². The van der Waals surface area contributed by atoms with Crippen molar-refractivity contribution < 1.29 is 17.9 Å². The number of ether oxygens (including phenoxy) is 1. The smallest absolute Gasteiger partial charge is 0.406 e. The van der Waals surface area contributed by atoms with Crippen molar-refractivity contribution in [1.29, 1.82) is 0 Å². The van der Waals surface area contributed by atoms with Gasteiger partial charge >= 0.3 is 6.36 Å². The van der Waals surface area contributed by atoms with Crippen LogP contribution in [0.15, 0.2) is 24.3 Å². The van der Waals surface area contributed by atoms with Gasteiger partial charge < -0.3 is 15.4 Å². The third-order valence-electron chi connectivity index (χ3n) is 4.26. The second-order valence-corrected chi connectivity index (χ2v) is 6.48. The van der Waals surface area contributed by atoms with Gasteiger partial charge in [-0.25, -0.2) is 4.98 Å². The zero-order valence-electron chi connectivity index (χ0n) is 17.7. The average Bonchev–Trinajstić information content (AvgIpc) is 2.67. The van der Waals surface area contributed by atoms with E-state index < -0.39 is 6.36 Å². The first-order valence-corrected chi connectivity index (χ1v) is 9.59. The maximum atomic E-state index is 12.4. The minimum atomic E-state index is -4.73. The van der Waals surface area contributed by atoms with E-state index in [2.05, 4.69) is 26.7 Å². The molecule has 0 atom stereocenters. The molecule has 2 aromatic rings. The fourth-order valence-corrected chi connectivity index (χ4v) is 2.95. The number of benzene rings is 1. The van der Waals surface area contributed by atoms with Crippen LogP contribution < -0.4 is 20.3 Å². The maximum absolute atomic E-state index is 12.4. The van der Waals surface area contributed by atoms with Crippen LogP contribution in [0.5, 0.6) is 5.75 Å². The maximum Gasteiger partial charge on any atom is 0.573 e. The van der Waals surface area contributed by atoms with Gasteiger partial charge in [-0.15, -0.1) is 13.2 Å². The Hall–Kier alpha value is -2.99. The molecule has 1 saturated heterocycles. The molecule has 30 heavy (non-hydrogen) atoms. The molecule has 0 radical (unpaired) electrons. The molecule has 2 heterocycles. The van der Waals surface area contributed by atoms with Crippen LogP contribution in [0.4, 0.5) is 24.9 Å². The van der Waals surface area contributed by atoms with Crippen LogP contribution in [0.25, 0.3) is 11.3 Å². The minimum Gasteiger partial charge on any atom is -0.406 e. The summed E-state index contributed by atoms with van der Waals surface area (Å²) in [6, 6.07) is 8.61. The van der Waals surface area contributed by atoms with E-state index in [1.165, 1.54) is 24.3 Å². The van der Waals surface area contributed by atoms with E-state index in [0.717, 1.165) is 5.56 Å². The Kier molecular flexibility index (Phi) is 7.51. The van der Waals surface area contributed by atoms with E-state index in [-0.39, 0.29) is 11.8 Å². The predicted octanol–water partition coefficient (Wildman–Crippen LogP) is 3.94. The predicted molar refractivity (Wildman–Crippen MR) is 112 cm³/mol. The fourth-order valence-electron chi connectivity index (χ4n) is 2.95. The van der Waals surface area contributed by atoms with Crippen LogP contribution in [0.3, 0.4) is 0 Å². The van der Waals surface area contributed by atoms with Crippen molar-refractivity contribution in [2.75, 3.05) is 29.9 Å². The van der Waals surface area contributed by atoms with Crippen LogP contribution in [-0.2, 0) is 0 Å². The zero-order valence-corrected chi connectivity index (χ0v) is 17.7. The van der Waals surface area contributed by atoms with Crippen LogP contribution in [0.1, 0.15) is 26.3 Å². The molecule has 9 heteroatoms. The number of anilines is 2. The van der Waals surface area contributed by atoms with E-state index in [1.54, 1.807) is 18.9 Å². The van der Waals surface area contributed by atoms with Crippen molar-refractivity contribution in [1.82, 2.24) is 9.97 Å². The monoisotopic (exact) mass is 421 g/mol. The van der Waals surface area contributed by atoms with E-state index >= 15 is 0 Å². The van der Waals surface area contributed by atoms with Gasteiger partial charge in [-0.3, -0.25) is 4.90 Å². The van der Waals surface area contributed by atoms with Gasteiger partial charge in [0.2, 0.25) is 5.95 Å². The fraction of sp³-hybridized carbons (Fsp3) is 0.429. The number of nitrogens with zero attached hydrogens (tertiary/aromatic N) is 4. The highest BCUT2D eigenvalue weighted by atomic mass is 19.4. The van der Waals surface area contributed by atoms with Crippen molar-refractivity contribution in [2.45, 2.75) is 40.1 Å². The Morgan fingerprint density at radius 1 is 1.17 bits per heavy atom. The van der Waals surface area contributed by atoms with E-state index in [9.17, 15) is 13.2 Å². The molecule has 0 spiro atoms. The standard InChI is InChI=1S/C19H20F3N5O.C2H6/c1-4-9-26(3)17-12(2)16(24-18(25-17)27-10-14(23)11-27)13-5-7-15(8-6-13)28-19(20,21)22;1-2/h5-8,14H,10-11,23H2,1-3H3;1-2H3. The minimum absolute atomic E-state index is 0.0729. The Balaban J connectivity index is 0.00000155.